The van der Waals surface area contributed by atoms with E-state index in [1.165, 1.54) is 12.1 Å². The van der Waals surface area contributed by atoms with Crippen LogP contribution >= 0.6 is 23.2 Å². The molecule has 0 aliphatic carbocycles. The van der Waals surface area contributed by atoms with E-state index in [-0.39, 0.29) is 29.2 Å². The number of halogens is 2. The van der Waals surface area contributed by atoms with Crippen LogP contribution in [0.3, 0.4) is 0 Å². The SMILES string of the molecule is CC(CC(N)=NO)NC(=O)c1ccc(Cl)cc1Cl. The molecule has 7 heteroatoms. The highest BCUT2D eigenvalue weighted by Crippen LogP contribution is 2.20. The summed E-state index contributed by atoms with van der Waals surface area (Å²) in [5.41, 5.74) is 5.67. The Kier molecular flexibility index (Phi) is 5.25. The molecule has 0 saturated heterocycles. The van der Waals surface area contributed by atoms with Crippen LogP contribution in [-0.2, 0) is 0 Å². The number of carbonyl (C=O) groups excluding carboxylic acids is 1. The van der Waals surface area contributed by atoms with Crippen LogP contribution in [0.5, 0.6) is 0 Å². The van der Waals surface area contributed by atoms with Gasteiger partial charge >= 0.3 is 0 Å². The summed E-state index contributed by atoms with van der Waals surface area (Å²) in [6.07, 6.45) is 0.244. The molecule has 4 N–H and O–H groups in total. The molecule has 0 fully saturated rings. The number of oxime groups is 1. The number of carbonyl (C=O) groups is 1. The molecule has 1 unspecified atom stereocenters. The summed E-state index contributed by atoms with van der Waals surface area (Å²) in [6.45, 7) is 1.74. The van der Waals surface area contributed by atoms with Gasteiger partial charge < -0.3 is 16.3 Å². The highest BCUT2D eigenvalue weighted by atomic mass is 35.5. The molecule has 0 saturated carbocycles. The van der Waals surface area contributed by atoms with E-state index >= 15 is 0 Å². The van der Waals surface area contributed by atoms with Crippen LogP contribution in [0.4, 0.5) is 0 Å². The highest BCUT2D eigenvalue weighted by molar-refractivity contribution is 6.36. The third kappa shape index (κ3) is 4.09. The van der Waals surface area contributed by atoms with E-state index in [4.69, 9.17) is 34.1 Å². The molecule has 0 radical (unpaired) electrons. The van der Waals surface area contributed by atoms with Gasteiger partial charge in [0, 0.05) is 17.5 Å². The maximum atomic E-state index is 11.9. The second-order valence-corrected chi connectivity index (χ2v) is 4.64. The van der Waals surface area contributed by atoms with Gasteiger partial charge in [-0.2, -0.15) is 0 Å². The average molecular weight is 290 g/mol. The number of nitrogens with zero attached hydrogens (tertiary/aromatic N) is 1. The van der Waals surface area contributed by atoms with E-state index in [1.54, 1.807) is 13.0 Å². The Morgan fingerprint density at radius 3 is 2.78 bits per heavy atom. The van der Waals surface area contributed by atoms with Crippen LogP contribution < -0.4 is 11.1 Å². The van der Waals surface area contributed by atoms with Crippen molar-refractivity contribution in [2.45, 2.75) is 19.4 Å². The first-order valence-corrected chi connectivity index (χ1v) is 5.92. The number of rotatable bonds is 4. The summed E-state index contributed by atoms with van der Waals surface area (Å²) >= 11 is 11.6. The van der Waals surface area contributed by atoms with E-state index in [2.05, 4.69) is 10.5 Å². The fourth-order valence-corrected chi connectivity index (χ4v) is 1.88. The van der Waals surface area contributed by atoms with Crippen molar-refractivity contribution < 1.29 is 10.0 Å². The molecule has 1 amide bonds. The van der Waals surface area contributed by atoms with Gasteiger partial charge in [0.25, 0.3) is 5.91 Å². The number of hydrogen-bond donors (Lipinski definition) is 3. The maximum absolute atomic E-state index is 11.9. The summed E-state index contributed by atoms with van der Waals surface area (Å²) in [7, 11) is 0. The van der Waals surface area contributed by atoms with Gasteiger partial charge in [-0.05, 0) is 25.1 Å². The van der Waals surface area contributed by atoms with Crippen molar-refractivity contribution in [1.82, 2.24) is 5.32 Å². The lowest BCUT2D eigenvalue weighted by atomic mass is 10.1. The van der Waals surface area contributed by atoms with Crippen molar-refractivity contribution in [2.75, 3.05) is 0 Å². The molecule has 1 rings (SSSR count). The lowest BCUT2D eigenvalue weighted by Crippen LogP contribution is -2.35. The Labute approximate surface area is 115 Å². The van der Waals surface area contributed by atoms with Crippen molar-refractivity contribution in [1.29, 1.82) is 0 Å². The van der Waals surface area contributed by atoms with E-state index in [0.29, 0.717) is 10.6 Å². The zero-order chi connectivity index (χ0) is 13.7. The highest BCUT2D eigenvalue weighted by Gasteiger charge is 2.14. The zero-order valence-corrected chi connectivity index (χ0v) is 11.2. The number of amides is 1. The minimum Gasteiger partial charge on any atom is -0.409 e. The van der Waals surface area contributed by atoms with Gasteiger partial charge in [-0.3, -0.25) is 4.79 Å². The minimum absolute atomic E-state index is 0.0463. The molecule has 5 nitrogen and oxygen atoms in total. The predicted octanol–water partition coefficient (Wildman–Crippen LogP) is 2.25. The van der Waals surface area contributed by atoms with Crippen molar-refractivity contribution >= 4 is 34.9 Å². The van der Waals surface area contributed by atoms with Gasteiger partial charge in [-0.1, -0.05) is 28.4 Å². The van der Waals surface area contributed by atoms with Gasteiger partial charge in [-0.25, -0.2) is 0 Å². The molecule has 98 valence electrons. The van der Waals surface area contributed by atoms with Gasteiger partial charge in [0.2, 0.25) is 0 Å². The zero-order valence-electron chi connectivity index (χ0n) is 9.65. The Bertz CT molecular complexity index is 477. The summed E-state index contributed by atoms with van der Waals surface area (Å²) in [6, 6.07) is 4.33. The number of nitrogens with two attached hydrogens (primary N) is 1. The molecule has 0 aromatic heterocycles. The van der Waals surface area contributed by atoms with Crippen molar-refractivity contribution in [3.63, 3.8) is 0 Å². The fourth-order valence-electron chi connectivity index (χ4n) is 1.38. The third-order valence-corrected chi connectivity index (χ3v) is 2.74. The molecular formula is C11H13Cl2N3O2. The first kappa shape index (κ1) is 14.6. The third-order valence-electron chi connectivity index (χ3n) is 2.20. The molecule has 0 bridgehead atoms. The number of hydrogen-bond acceptors (Lipinski definition) is 3. The molecule has 1 aromatic rings. The van der Waals surface area contributed by atoms with E-state index in [0.717, 1.165) is 0 Å². The molecule has 0 heterocycles. The first-order chi connectivity index (χ1) is 8.43. The van der Waals surface area contributed by atoms with Crippen LogP contribution in [0.15, 0.2) is 23.4 Å². The molecule has 1 atom stereocenters. The maximum Gasteiger partial charge on any atom is 0.253 e. The number of benzene rings is 1. The van der Waals surface area contributed by atoms with E-state index < -0.39 is 0 Å². The Morgan fingerprint density at radius 1 is 1.56 bits per heavy atom. The van der Waals surface area contributed by atoms with Gasteiger partial charge in [0.1, 0.15) is 5.84 Å². The molecule has 0 aliphatic rings. The monoisotopic (exact) mass is 289 g/mol. The van der Waals surface area contributed by atoms with E-state index in [1.807, 2.05) is 0 Å². The number of amidine groups is 1. The average Bonchev–Trinajstić information content (AvgIpc) is 2.28. The Morgan fingerprint density at radius 2 is 2.22 bits per heavy atom. The molecular weight excluding hydrogens is 277 g/mol. The first-order valence-electron chi connectivity index (χ1n) is 5.16. The van der Waals surface area contributed by atoms with Gasteiger partial charge in [-0.15, -0.1) is 0 Å². The van der Waals surface area contributed by atoms with Crippen LogP contribution in [0, 0.1) is 0 Å². The minimum atomic E-state index is -0.338. The standard InChI is InChI=1S/C11H13Cl2N3O2/c1-6(4-10(14)16-18)15-11(17)8-3-2-7(12)5-9(8)13/h2-3,5-6,18H,4H2,1H3,(H2,14,16)(H,15,17). The Hall–Kier alpha value is -1.46. The summed E-state index contributed by atoms with van der Waals surface area (Å²) in [4.78, 5) is 11.9. The van der Waals surface area contributed by atoms with E-state index in [9.17, 15) is 4.79 Å². The van der Waals surface area contributed by atoms with Crippen LogP contribution in [-0.4, -0.2) is 23.0 Å². The fraction of sp³-hybridized carbons (Fsp3) is 0.273. The largest absolute Gasteiger partial charge is 0.409 e. The van der Waals surface area contributed by atoms with Crippen LogP contribution in [0.2, 0.25) is 10.0 Å². The second kappa shape index (κ2) is 6.47. The number of nitrogens with one attached hydrogen (secondary N) is 1. The Balaban J connectivity index is 2.71. The topological polar surface area (TPSA) is 87.7 Å². The van der Waals surface area contributed by atoms with Crippen molar-refractivity contribution in [2.24, 2.45) is 10.9 Å². The van der Waals surface area contributed by atoms with Crippen molar-refractivity contribution in [3.8, 4) is 0 Å². The van der Waals surface area contributed by atoms with Crippen LogP contribution in [0.25, 0.3) is 0 Å². The smallest absolute Gasteiger partial charge is 0.253 e. The van der Waals surface area contributed by atoms with Gasteiger partial charge in [0.05, 0.1) is 10.6 Å². The second-order valence-electron chi connectivity index (χ2n) is 3.79. The molecule has 0 aliphatic heterocycles. The summed E-state index contributed by atoms with van der Waals surface area (Å²) in [5.74, 6) is -0.292. The predicted molar refractivity (Wildman–Crippen MR) is 71.4 cm³/mol. The summed E-state index contributed by atoms with van der Waals surface area (Å²) in [5, 5.41) is 14.7. The quantitative estimate of drug-likeness (QED) is 0.344. The normalized spacial score (nSPS) is 13.2. The lowest BCUT2D eigenvalue weighted by Gasteiger charge is -2.13. The molecule has 1 aromatic carbocycles. The summed E-state index contributed by atoms with van der Waals surface area (Å²) < 4.78 is 0. The van der Waals surface area contributed by atoms with Gasteiger partial charge in [0.15, 0.2) is 0 Å². The van der Waals surface area contributed by atoms with Crippen molar-refractivity contribution in [3.05, 3.63) is 33.8 Å². The lowest BCUT2D eigenvalue weighted by molar-refractivity contribution is 0.0941. The molecule has 18 heavy (non-hydrogen) atoms. The molecule has 0 spiro atoms. The van der Waals surface area contributed by atoms with Crippen LogP contribution in [0.1, 0.15) is 23.7 Å².